The smallest absolute Gasteiger partial charge is 0.344 e. The summed E-state index contributed by atoms with van der Waals surface area (Å²) >= 11 is 0. The van der Waals surface area contributed by atoms with Crippen LogP contribution >= 0.6 is 0 Å². The summed E-state index contributed by atoms with van der Waals surface area (Å²) in [6.07, 6.45) is 12.8. The lowest BCUT2D eigenvalue weighted by Gasteiger charge is -2.57. The van der Waals surface area contributed by atoms with Gasteiger partial charge in [0, 0.05) is 49.9 Å². The van der Waals surface area contributed by atoms with Gasteiger partial charge in [-0.25, -0.2) is 9.59 Å². The van der Waals surface area contributed by atoms with Crippen LogP contribution in [0.15, 0.2) is 97.1 Å². The first-order valence-corrected chi connectivity index (χ1v) is 27.6. The number of benzene rings is 6. The molecule has 15 rings (SSSR count). The number of esters is 2. The van der Waals surface area contributed by atoms with E-state index < -0.39 is 65.5 Å². The molecule has 408 valence electrons. The van der Waals surface area contributed by atoms with E-state index in [1.807, 2.05) is 36.4 Å². The Morgan fingerprint density at radius 2 is 0.650 bits per heavy atom. The number of hydrogen-bond acceptors (Lipinski definition) is 14. The van der Waals surface area contributed by atoms with Gasteiger partial charge in [0.25, 0.3) is 22.7 Å². The maximum atomic E-state index is 14.5. The number of carbonyl (C=O) groups excluding carboxylic acids is 2. The summed E-state index contributed by atoms with van der Waals surface area (Å²) in [5, 5.41) is 73.6. The number of para-hydroxylation sites is 2. The Kier molecular flexibility index (Phi) is 12.2. The molecule has 0 spiro atoms. The minimum Gasteiger partial charge on any atom is -0.507 e. The van der Waals surface area contributed by atoms with Crippen molar-refractivity contribution in [2.75, 3.05) is 0 Å². The van der Waals surface area contributed by atoms with E-state index in [2.05, 4.69) is 0 Å². The summed E-state index contributed by atoms with van der Waals surface area (Å²) in [7, 11) is 0. The third-order valence-electron chi connectivity index (χ3n) is 19.2. The van der Waals surface area contributed by atoms with Gasteiger partial charge in [0.1, 0.15) is 23.0 Å². The van der Waals surface area contributed by atoms with Crippen molar-refractivity contribution >= 4 is 34.7 Å². The summed E-state index contributed by atoms with van der Waals surface area (Å²) in [6.45, 7) is 0. The summed E-state index contributed by atoms with van der Waals surface area (Å²) in [6, 6.07) is 24.1. The van der Waals surface area contributed by atoms with Crippen molar-refractivity contribution < 1.29 is 49.0 Å². The van der Waals surface area contributed by atoms with Crippen LogP contribution in [-0.2, 0) is 36.5 Å². The number of nitro groups is 4. The number of phenolic OH excluding ortho intramolecular Hbond substituents is 2. The molecule has 8 fully saturated rings. The molecule has 0 aliphatic heterocycles. The molecule has 0 aromatic heterocycles. The summed E-state index contributed by atoms with van der Waals surface area (Å²) in [4.78, 5) is 73.9. The van der Waals surface area contributed by atoms with E-state index in [9.17, 15) is 60.3 Å². The fraction of sp³-hybridized carbons (Fsp3) is 0.387. The molecular weight excluding hydrogens is 1020 g/mol. The number of aromatic hydroxyl groups is 2. The molecule has 18 nitrogen and oxygen atoms in total. The minimum absolute atomic E-state index is 0.00255. The largest absolute Gasteiger partial charge is 0.507 e. The Morgan fingerprint density at radius 3 is 0.887 bits per heavy atom. The summed E-state index contributed by atoms with van der Waals surface area (Å²) in [5.74, 6) is 1.09. The van der Waals surface area contributed by atoms with Crippen molar-refractivity contribution in [3.63, 3.8) is 0 Å². The lowest BCUT2D eigenvalue weighted by molar-refractivity contribution is -0.394. The maximum absolute atomic E-state index is 14.5. The lowest BCUT2D eigenvalue weighted by Crippen LogP contribution is -2.48. The number of ether oxygens (including phenoxy) is 2. The first-order chi connectivity index (χ1) is 38.3. The van der Waals surface area contributed by atoms with Gasteiger partial charge in [0.05, 0.1) is 43.0 Å². The number of nitrogens with zero attached hydrogens (tertiary/aromatic N) is 4. The Bertz CT molecular complexity index is 3240. The quantitative estimate of drug-likeness (QED) is 0.0558. The van der Waals surface area contributed by atoms with Crippen molar-refractivity contribution in [3.8, 4) is 23.0 Å². The predicted octanol–water partition coefficient (Wildman–Crippen LogP) is 12.8. The highest BCUT2D eigenvalue weighted by Gasteiger charge is 2.53. The van der Waals surface area contributed by atoms with E-state index in [1.165, 1.54) is 38.5 Å². The number of phenols is 2. The molecule has 80 heavy (non-hydrogen) atoms. The molecule has 0 atom stereocenters. The normalized spacial score (nSPS) is 25.6. The molecule has 0 heterocycles. The second kappa shape index (κ2) is 19.1. The second-order valence-corrected chi connectivity index (χ2v) is 24.5. The molecule has 9 aliphatic rings. The monoisotopic (exact) mass is 1080 g/mol. The molecule has 6 aromatic rings. The van der Waals surface area contributed by atoms with Gasteiger partial charge >= 0.3 is 11.9 Å². The van der Waals surface area contributed by atoms with Crippen LogP contribution in [0, 0.1) is 76.0 Å². The van der Waals surface area contributed by atoms with E-state index in [1.54, 1.807) is 24.3 Å². The van der Waals surface area contributed by atoms with Gasteiger partial charge in [-0.1, -0.05) is 60.7 Å². The van der Waals surface area contributed by atoms with E-state index >= 15 is 0 Å². The molecule has 8 saturated carbocycles. The summed E-state index contributed by atoms with van der Waals surface area (Å²) in [5.41, 5.74) is 1.92. The van der Waals surface area contributed by atoms with Crippen LogP contribution in [0.4, 0.5) is 22.7 Å². The fourth-order valence-electron chi connectivity index (χ4n) is 16.7. The summed E-state index contributed by atoms with van der Waals surface area (Å²) < 4.78 is 12.7. The molecule has 0 amide bonds. The average Bonchev–Trinajstić information content (AvgIpc) is 3.41. The van der Waals surface area contributed by atoms with Gasteiger partial charge in [-0.15, -0.1) is 0 Å². The highest BCUT2D eigenvalue weighted by atomic mass is 16.6. The van der Waals surface area contributed by atoms with Gasteiger partial charge in [0.2, 0.25) is 0 Å². The van der Waals surface area contributed by atoms with Crippen molar-refractivity contribution in [1.29, 1.82) is 0 Å². The number of hydrogen-bond donors (Lipinski definition) is 2. The highest BCUT2D eigenvalue weighted by molar-refractivity contribution is 5.94. The number of carbonyl (C=O) groups is 2. The molecule has 0 radical (unpaired) electrons. The van der Waals surface area contributed by atoms with E-state index in [-0.39, 0.29) is 59.5 Å². The van der Waals surface area contributed by atoms with Crippen LogP contribution in [0.3, 0.4) is 0 Å². The molecule has 0 saturated heterocycles. The SMILES string of the molecule is O=C(Oc1c2cccc1Cc1cc(C34CC5CC(CC(C5)C3)C4)cc(c1O)Cc1cccc(c1OC(=O)c1cc([N+](=O)[O-])cc([N+](=O)[O-])c1)Cc1cc(C34CC5CC(CC(C5)C3)C4)cc(c1O)C2)c1cc([N+](=O)[O-])cc([N+](=O)[O-])c1. The van der Waals surface area contributed by atoms with E-state index in [0.29, 0.717) is 80.0 Å². The van der Waals surface area contributed by atoms with Crippen molar-refractivity contribution in [3.05, 3.63) is 204 Å². The first kappa shape index (κ1) is 50.9. The van der Waals surface area contributed by atoms with Crippen LogP contribution in [0.1, 0.15) is 153 Å². The number of non-ortho nitro benzene ring substituents is 4. The lowest BCUT2D eigenvalue weighted by atomic mass is 9.48. The van der Waals surface area contributed by atoms with Crippen LogP contribution in [0.5, 0.6) is 23.0 Å². The predicted molar refractivity (Wildman–Crippen MR) is 289 cm³/mol. The third-order valence-corrected chi connectivity index (χ3v) is 19.2. The van der Waals surface area contributed by atoms with Crippen LogP contribution in [0.2, 0.25) is 0 Å². The first-order valence-electron chi connectivity index (χ1n) is 27.6. The van der Waals surface area contributed by atoms with Crippen molar-refractivity contribution in [2.45, 2.75) is 114 Å². The van der Waals surface area contributed by atoms with Gasteiger partial charge < -0.3 is 19.7 Å². The topological polar surface area (TPSA) is 266 Å². The van der Waals surface area contributed by atoms with Crippen molar-refractivity contribution in [2.24, 2.45) is 35.5 Å². The molecular formula is C62H56N4O14. The fourth-order valence-corrected chi connectivity index (χ4v) is 16.7. The Labute approximate surface area is 458 Å². The Morgan fingerprint density at radius 1 is 0.400 bits per heavy atom. The number of rotatable bonds is 10. The van der Waals surface area contributed by atoms with E-state index in [4.69, 9.17) is 9.47 Å². The Balaban J connectivity index is 1.01. The molecule has 9 aliphatic carbocycles. The van der Waals surface area contributed by atoms with Crippen LogP contribution in [0.25, 0.3) is 0 Å². The van der Waals surface area contributed by atoms with Crippen LogP contribution in [-0.4, -0.2) is 41.8 Å². The van der Waals surface area contributed by atoms with Gasteiger partial charge in [-0.2, -0.15) is 0 Å². The van der Waals surface area contributed by atoms with E-state index in [0.717, 1.165) is 86.1 Å². The number of fused-ring (bicyclic) bond motifs is 8. The van der Waals surface area contributed by atoms with Gasteiger partial charge in [-0.3, -0.25) is 40.5 Å². The zero-order chi connectivity index (χ0) is 55.5. The van der Waals surface area contributed by atoms with Crippen molar-refractivity contribution in [1.82, 2.24) is 0 Å². The van der Waals surface area contributed by atoms with Gasteiger partial charge in [-0.05, 0) is 179 Å². The zero-order valence-electron chi connectivity index (χ0n) is 43.6. The molecule has 16 bridgehead atoms. The highest BCUT2D eigenvalue weighted by Crippen LogP contribution is 2.63. The average molecular weight is 1080 g/mol. The minimum atomic E-state index is -1.08. The molecule has 18 heteroatoms. The molecule has 0 unspecified atom stereocenters. The Hall–Kier alpha value is -8.54. The third kappa shape index (κ3) is 9.07. The second-order valence-electron chi connectivity index (χ2n) is 24.5. The standard InChI is InChI=1S/C62H56N4O14/c67-55-43-13-39-3-1-4-40(57(39)79-59(69)47-21-51(63(71)72)25-52(22-47)64(73)74)14-44-18-50(62-30-36-10-37(31-62)12-38(11-36)32-62)20-46(56(44)68)16-42-6-2-5-41(58(42)80-60(70)48-23-53(65(75)76)26-54(24-48)66(77)78)15-45(55)19-49(17-43)61-27-33-7-34(28-61)9-35(8-33)29-61/h1-6,17-26,33-38,67-68H,7-16,27-32H2. The number of nitro benzene ring substituents is 4. The zero-order valence-corrected chi connectivity index (χ0v) is 43.6. The van der Waals surface area contributed by atoms with Crippen LogP contribution < -0.4 is 9.47 Å². The van der Waals surface area contributed by atoms with Gasteiger partial charge in [0.15, 0.2) is 0 Å². The molecule has 6 aromatic carbocycles. The maximum Gasteiger partial charge on any atom is 0.344 e. The molecule has 2 N–H and O–H groups in total.